The van der Waals surface area contributed by atoms with E-state index in [4.69, 9.17) is 15.0 Å². The van der Waals surface area contributed by atoms with Crippen LogP contribution in [-0.2, 0) is 5.41 Å². The van der Waals surface area contributed by atoms with Gasteiger partial charge in [0.25, 0.3) is 0 Å². The molecule has 12 rings (SSSR count). The number of hydrogen-bond acceptors (Lipinski definition) is 5. The Morgan fingerprint density at radius 3 is 1.54 bits per heavy atom. The maximum absolute atomic E-state index is 5.40. The van der Waals surface area contributed by atoms with E-state index >= 15 is 0 Å². The highest BCUT2D eigenvalue weighted by atomic mass is 32.1. The second-order valence-corrected chi connectivity index (χ2v) is 15.8. The lowest BCUT2D eigenvalue weighted by Crippen LogP contribution is -2.36. The topological polar surface area (TPSA) is 41.9 Å². The first-order chi connectivity index (χ1) is 28.3. The smallest absolute Gasteiger partial charge is 0.238 e. The van der Waals surface area contributed by atoms with Gasteiger partial charge in [-0.05, 0) is 80.9 Å². The van der Waals surface area contributed by atoms with Crippen molar-refractivity contribution in [3.8, 4) is 45.0 Å². The summed E-state index contributed by atoms with van der Waals surface area (Å²) >= 11 is 1.81. The van der Waals surface area contributed by atoms with E-state index in [0.29, 0.717) is 17.6 Å². The summed E-state index contributed by atoms with van der Waals surface area (Å²) in [5, 5.41) is 2.45. The average Bonchev–Trinajstić information content (AvgIpc) is 3.80. The zero-order valence-electron chi connectivity index (χ0n) is 30.7. The molecule has 266 valence electrons. The minimum absolute atomic E-state index is 0.520. The van der Waals surface area contributed by atoms with Gasteiger partial charge < -0.3 is 0 Å². The predicted octanol–water partition coefficient (Wildman–Crippen LogP) is 13.4. The van der Waals surface area contributed by atoms with Crippen LogP contribution in [0.3, 0.4) is 0 Å². The molecular weight excluding hydrogens is 713 g/mol. The standard InChI is InChI=1S/C52H32N4S/c1-2-14-33(15-3-1)34-26-28-35(29-27-34)49-53-50(36-30-31-48-40(32-36)39-18-6-13-25-47(39)57-48)55-51(54-49)56-45-23-11-9-21-43(45)52(44-22-10-12-24-46(44)56)41-19-7-4-16-37(41)38-17-5-8-20-42(38)52/h1-32H. The minimum atomic E-state index is -0.520. The largest absolute Gasteiger partial charge is 0.278 e. The van der Waals surface area contributed by atoms with Gasteiger partial charge in [-0.2, -0.15) is 9.97 Å². The average molecular weight is 745 g/mol. The lowest BCUT2D eigenvalue weighted by Gasteiger charge is -2.44. The SMILES string of the molecule is c1ccc(-c2ccc(-c3nc(-c4ccc5sc6ccccc6c5c4)nc(N4c5ccccc5C5(c6ccccc6-c6ccccc65)c5ccccc54)n3)cc2)cc1. The molecule has 0 N–H and O–H groups in total. The van der Waals surface area contributed by atoms with Crippen LogP contribution in [0.4, 0.5) is 17.3 Å². The molecule has 3 heterocycles. The molecule has 0 saturated carbocycles. The summed E-state index contributed by atoms with van der Waals surface area (Å²) in [4.78, 5) is 18.3. The van der Waals surface area contributed by atoms with E-state index in [2.05, 4.69) is 193 Å². The molecule has 2 aromatic heterocycles. The molecule has 1 aliphatic carbocycles. The van der Waals surface area contributed by atoms with Crippen LogP contribution >= 0.6 is 11.3 Å². The Kier molecular flexibility index (Phi) is 6.98. The van der Waals surface area contributed by atoms with Crippen LogP contribution in [0.2, 0.25) is 0 Å². The fourth-order valence-corrected chi connectivity index (χ4v) is 10.4. The quantitative estimate of drug-likeness (QED) is 0.180. The molecule has 0 amide bonds. The summed E-state index contributed by atoms with van der Waals surface area (Å²) in [6.07, 6.45) is 0. The number of rotatable bonds is 4. The number of benzene rings is 8. The lowest BCUT2D eigenvalue weighted by molar-refractivity contribution is 0.749. The van der Waals surface area contributed by atoms with Gasteiger partial charge in [0.05, 0.1) is 16.8 Å². The Hall–Kier alpha value is -7.21. The zero-order valence-corrected chi connectivity index (χ0v) is 31.5. The Morgan fingerprint density at radius 2 is 0.860 bits per heavy atom. The summed E-state index contributed by atoms with van der Waals surface area (Å²) in [5.41, 5.74) is 13.3. The van der Waals surface area contributed by atoms with E-state index < -0.39 is 5.41 Å². The van der Waals surface area contributed by atoms with Crippen LogP contribution in [0, 0.1) is 0 Å². The molecule has 2 aliphatic rings. The van der Waals surface area contributed by atoms with Crippen molar-refractivity contribution in [1.82, 2.24) is 15.0 Å². The van der Waals surface area contributed by atoms with Crippen molar-refractivity contribution in [3.05, 3.63) is 216 Å². The molecule has 0 saturated heterocycles. The summed E-state index contributed by atoms with van der Waals surface area (Å²) in [6, 6.07) is 69.6. The molecule has 1 spiro atoms. The Labute approximate surface area is 334 Å². The second kappa shape index (κ2) is 12.4. The van der Waals surface area contributed by atoms with Crippen molar-refractivity contribution in [2.24, 2.45) is 0 Å². The number of thiophene rings is 1. The van der Waals surface area contributed by atoms with Crippen molar-refractivity contribution >= 4 is 48.8 Å². The first kappa shape index (κ1) is 32.1. The van der Waals surface area contributed by atoms with Crippen LogP contribution in [0.1, 0.15) is 22.3 Å². The van der Waals surface area contributed by atoms with Gasteiger partial charge in [-0.25, -0.2) is 4.98 Å². The summed E-state index contributed by atoms with van der Waals surface area (Å²) in [6.45, 7) is 0. The Morgan fingerprint density at radius 1 is 0.368 bits per heavy atom. The minimum Gasteiger partial charge on any atom is -0.278 e. The van der Waals surface area contributed by atoms with Gasteiger partial charge in [-0.1, -0.05) is 158 Å². The van der Waals surface area contributed by atoms with E-state index in [1.54, 1.807) is 0 Å². The fraction of sp³-hybridized carbons (Fsp3) is 0.0192. The molecule has 0 bridgehead atoms. The molecule has 10 aromatic rings. The molecule has 0 atom stereocenters. The van der Waals surface area contributed by atoms with E-state index in [0.717, 1.165) is 28.1 Å². The van der Waals surface area contributed by atoms with Gasteiger partial charge in [-0.15, -0.1) is 11.3 Å². The molecule has 8 aromatic carbocycles. The molecule has 4 nitrogen and oxygen atoms in total. The molecule has 0 radical (unpaired) electrons. The maximum Gasteiger partial charge on any atom is 0.238 e. The van der Waals surface area contributed by atoms with Crippen molar-refractivity contribution in [3.63, 3.8) is 0 Å². The zero-order chi connectivity index (χ0) is 37.5. The molecule has 1 aliphatic heterocycles. The number of fused-ring (bicyclic) bond motifs is 12. The second-order valence-electron chi connectivity index (χ2n) is 14.7. The summed E-state index contributed by atoms with van der Waals surface area (Å²) in [7, 11) is 0. The van der Waals surface area contributed by atoms with Gasteiger partial charge in [0.2, 0.25) is 5.95 Å². The number of nitrogens with zero attached hydrogens (tertiary/aromatic N) is 4. The molecular formula is C52H32N4S. The molecule has 0 unspecified atom stereocenters. The van der Waals surface area contributed by atoms with Gasteiger partial charge >= 0.3 is 0 Å². The monoisotopic (exact) mass is 744 g/mol. The van der Waals surface area contributed by atoms with Gasteiger partial charge in [0, 0.05) is 31.3 Å². The first-order valence-corrected chi connectivity index (χ1v) is 20.1. The van der Waals surface area contributed by atoms with E-state index in [1.807, 2.05) is 17.4 Å². The van der Waals surface area contributed by atoms with Crippen molar-refractivity contribution < 1.29 is 0 Å². The van der Waals surface area contributed by atoms with Gasteiger partial charge in [0.1, 0.15) is 0 Å². The molecule has 57 heavy (non-hydrogen) atoms. The third-order valence-electron chi connectivity index (χ3n) is 11.8. The van der Waals surface area contributed by atoms with Gasteiger partial charge in [-0.3, -0.25) is 4.90 Å². The van der Waals surface area contributed by atoms with Crippen LogP contribution in [-0.4, -0.2) is 15.0 Å². The van der Waals surface area contributed by atoms with E-state index in [9.17, 15) is 0 Å². The maximum atomic E-state index is 5.40. The van der Waals surface area contributed by atoms with E-state index in [1.165, 1.54) is 59.1 Å². The predicted molar refractivity (Wildman–Crippen MR) is 235 cm³/mol. The number of para-hydroxylation sites is 2. The third kappa shape index (κ3) is 4.70. The Balaban J connectivity index is 1.10. The first-order valence-electron chi connectivity index (χ1n) is 19.3. The highest BCUT2D eigenvalue weighted by Crippen LogP contribution is 2.63. The summed E-state index contributed by atoms with van der Waals surface area (Å²) < 4.78 is 2.51. The van der Waals surface area contributed by atoms with Crippen molar-refractivity contribution in [2.45, 2.75) is 5.41 Å². The highest BCUT2D eigenvalue weighted by molar-refractivity contribution is 7.25. The molecule has 0 fully saturated rings. The van der Waals surface area contributed by atoms with Crippen LogP contribution in [0.5, 0.6) is 0 Å². The fourth-order valence-electron chi connectivity index (χ4n) is 9.31. The van der Waals surface area contributed by atoms with Gasteiger partial charge in [0.15, 0.2) is 11.6 Å². The summed E-state index contributed by atoms with van der Waals surface area (Å²) in [5.74, 6) is 1.83. The highest BCUT2D eigenvalue weighted by Gasteiger charge is 2.51. The van der Waals surface area contributed by atoms with Crippen molar-refractivity contribution in [1.29, 1.82) is 0 Å². The van der Waals surface area contributed by atoms with Crippen LogP contribution in [0.15, 0.2) is 194 Å². The number of aromatic nitrogens is 3. The van der Waals surface area contributed by atoms with Crippen LogP contribution < -0.4 is 4.90 Å². The number of hydrogen-bond donors (Lipinski definition) is 0. The Bertz CT molecular complexity index is 3110. The number of anilines is 3. The van der Waals surface area contributed by atoms with Crippen molar-refractivity contribution in [2.75, 3.05) is 4.90 Å². The molecule has 5 heteroatoms. The normalized spacial score (nSPS) is 13.4. The third-order valence-corrected chi connectivity index (χ3v) is 12.9. The van der Waals surface area contributed by atoms with Crippen LogP contribution in [0.25, 0.3) is 65.2 Å². The van der Waals surface area contributed by atoms with E-state index in [-0.39, 0.29) is 0 Å². The lowest BCUT2D eigenvalue weighted by atomic mass is 9.65.